The van der Waals surface area contributed by atoms with E-state index in [0.717, 1.165) is 0 Å². The van der Waals surface area contributed by atoms with E-state index in [0.29, 0.717) is 16.4 Å². The second kappa shape index (κ2) is 5.20. The maximum absolute atomic E-state index is 12.3. The number of halogens is 1. The Labute approximate surface area is 116 Å². The number of hydrogen-bond acceptors (Lipinski definition) is 3. The van der Waals surface area contributed by atoms with E-state index in [9.17, 15) is 9.90 Å². The van der Waals surface area contributed by atoms with Crippen LogP contribution in [-0.4, -0.2) is 18.1 Å². The van der Waals surface area contributed by atoms with Crippen LogP contribution in [0.1, 0.15) is 10.4 Å². The minimum absolute atomic E-state index is 0.00143. The van der Waals surface area contributed by atoms with Gasteiger partial charge in [0.2, 0.25) is 0 Å². The number of hydrogen-bond donors (Lipinski definition) is 2. The predicted octanol–water partition coefficient (Wildman–Crippen LogP) is 2.90. The standard InChI is InChI=1S/C14H13ClN2O2/c1-17(10-4-2-9(16)3-5-10)14(19)12-8-11(18)6-7-13(12)15/h2-8,18H,16H2,1H3. The van der Waals surface area contributed by atoms with Gasteiger partial charge in [-0.1, -0.05) is 11.6 Å². The van der Waals surface area contributed by atoms with Crippen LogP contribution in [0.5, 0.6) is 5.75 Å². The van der Waals surface area contributed by atoms with Gasteiger partial charge in [0, 0.05) is 18.4 Å². The van der Waals surface area contributed by atoms with Crippen molar-refractivity contribution in [2.24, 2.45) is 0 Å². The van der Waals surface area contributed by atoms with Crippen LogP contribution in [-0.2, 0) is 0 Å². The summed E-state index contributed by atoms with van der Waals surface area (Å²) < 4.78 is 0. The predicted molar refractivity (Wildman–Crippen MR) is 76.7 cm³/mol. The van der Waals surface area contributed by atoms with Crippen LogP contribution in [0.25, 0.3) is 0 Å². The quantitative estimate of drug-likeness (QED) is 0.829. The molecule has 0 radical (unpaired) electrons. The third-order valence-corrected chi connectivity index (χ3v) is 3.09. The lowest BCUT2D eigenvalue weighted by atomic mass is 10.1. The molecule has 0 unspecified atom stereocenters. The summed E-state index contributed by atoms with van der Waals surface area (Å²) in [5.74, 6) is -0.302. The van der Waals surface area contributed by atoms with Crippen molar-refractivity contribution in [3.05, 3.63) is 53.1 Å². The fourth-order valence-electron chi connectivity index (χ4n) is 1.67. The van der Waals surface area contributed by atoms with Crippen molar-refractivity contribution in [1.29, 1.82) is 0 Å². The zero-order chi connectivity index (χ0) is 14.0. The number of phenolic OH excluding ortho intramolecular Hbond substituents is 1. The molecule has 3 N–H and O–H groups in total. The molecule has 2 rings (SSSR count). The SMILES string of the molecule is CN(C(=O)c1cc(O)ccc1Cl)c1ccc(N)cc1. The highest BCUT2D eigenvalue weighted by atomic mass is 35.5. The minimum Gasteiger partial charge on any atom is -0.508 e. The molecule has 1 amide bonds. The van der Waals surface area contributed by atoms with Crippen LogP contribution in [0.4, 0.5) is 11.4 Å². The molecular weight excluding hydrogens is 264 g/mol. The van der Waals surface area contributed by atoms with E-state index in [1.165, 1.54) is 23.1 Å². The van der Waals surface area contributed by atoms with E-state index in [4.69, 9.17) is 17.3 Å². The molecule has 5 heteroatoms. The average Bonchev–Trinajstić information content (AvgIpc) is 2.41. The van der Waals surface area contributed by atoms with Crippen molar-refractivity contribution in [1.82, 2.24) is 0 Å². The Morgan fingerprint density at radius 2 is 1.84 bits per heavy atom. The maximum Gasteiger partial charge on any atom is 0.259 e. The molecule has 0 aliphatic rings. The second-order valence-corrected chi connectivity index (χ2v) is 4.53. The van der Waals surface area contributed by atoms with Crippen molar-refractivity contribution < 1.29 is 9.90 Å². The lowest BCUT2D eigenvalue weighted by Crippen LogP contribution is -2.26. The van der Waals surface area contributed by atoms with Crippen molar-refractivity contribution in [3.63, 3.8) is 0 Å². The summed E-state index contributed by atoms with van der Waals surface area (Å²) in [4.78, 5) is 13.7. The largest absolute Gasteiger partial charge is 0.508 e. The van der Waals surface area contributed by atoms with E-state index in [1.54, 1.807) is 31.3 Å². The molecule has 0 heterocycles. The first-order valence-electron chi connectivity index (χ1n) is 5.61. The molecule has 19 heavy (non-hydrogen) atoms. The van der Waals surface area contributed by atoms with Gasteiger partial charge in [-0.05, 0) is 42.5 Å². The fraction of sp³-hybridized carbons (Fsp3) is 0.0714. The number of nitrogen functional groups attached to an aromatic ring is 1. The van der Waals surface area contributed by atoms with Gasteiger partial charge in [0.25, 0.3) is 5.91 Å². The van der Waals surface area contributed by atoms with E-state index in [1.807, 2.05) is 0 Å². The first-order valence-corrected chi connectivity index (χ1v) is 5.99. The van der Waals surface area contributed by atoms with E-state index >= 15 is 0 Å². The Balaban J connectivity index is 2.33. The number of phenols is 1. The number of carbonyl (C=O) groups is 1. The Morgan fingerprint density at radius 1 is 1.21 bits per heavy atom. The highest BCUT2D eigenvalue weighted by Crippen LogP contribution is 2.24. The molecule has 0 aliphatic heterocycles. The van der Waals surface area contributed by atoms with Crippen LogP contribution in [0, 0.1) is 0 Å². The highest BCUT2D eigenvalue weighted by Gasteiger charge is 2.17. The fourth-order valence-corrected chi connectivity index (χ4v) is 1.87. The number of aromatic hydroxyl groups is 1. The summed E-state index contributed by atoms with van der Waals surface area (Å²) >= 11 is 5.97. The van der Waals surface area contributed by atoms with Crippen LogP contribution >= 0.6 is 11.6 Å². The van der Waals surface area contributed by atoms with Crippen molar-refractivity contribution in [2.45, 2.75) is 0 Å². The van der Waals surface area contributed by atoms with E-state index in [-0.39, 0.29) is 17.2 Å². The van der Waals surface area contributed by atoms with E-state index < -0.39 is 0 Å². The molecule has 0 aliphatic carbocycles. The number of amides is 1. The second-order valence-electron chi connectivity index (χ2n) is 4.12. The Kier molecular flexibility index (Phi) is 3.62. The summed E-state index contributed by atoms with van der Waals surface area (Å²) in [7, 11) is 1.63. The molecule has 2 aromatic rings. The van der Waals surface area contributed by atoms with Gasteiger partial charge >= 0.3 is 0 Å². The zero-order valence-electron chi connectivity index (χ0n) is 10.3. The number of benzene rings is 2. The van der Waals surface area contributed by atoms with Gasteiger partial charge in [-0.2, -0.15) is 0 Å². The molecule has 2 aromatic carbocycles. The highest BCUT2D eigenvalue weighted by molar-refractivity contribution is 6.34. The van der Waals surface area contributed by atoms with Gasteiger partial charge in [0.05, 0.1) is 10.6 Å². The van der Waals surface area contributed by atoms with Gasteiger partial charge < -0.3 is 15.7 Å². The van der Waals surface area contributed by atoms with Crippen molar-refractivity contribution in [3.8, 4) is 5.75 Å². The number of rotatable bonds is 2. The molecule has 0 atom stereocenters. The van der Waals surface area contributed by atoms with Gasteiger partial charge in [-0.3, -0.25) is 4.79 Å². The third-order valence-electron chi connectivity index (χ3n) is 2.77. The van der Waals surface area contributed by atoms with Crippen LogP contribution < -0.4 is 10.6 Å². The van der Waals surface area contributed by atoms with Crippen molar-refractivity contribution >= 4 is 28.9 Å². The molecule has 0 aromatic heterocycles. The first kappa shape index (κ1) is 13.2. The van der Waals surface area contributed by atoms with Gasteiger partial charge in [-0.25, -0.2) is 0 Å². The topological polar surface area (TPSA) is 66.6 Å². The van der Waals surface area contributed by atoms with Gasteiger partial charge in [-0.15, -0.1) is 0 Å². The molecular formula is C14H13ClN2O2. The van der Waals surface area contributed by atoms with Crippen molar-refractivity contribution in [2.75, 3.05) is 17.7 Å². The number of nitrogens with two attached hydrogens (primary N) is 1. The number of carbonyl (C=O) groups excluding carboxylic acids is 1. The molecule has 0 saturated carbocycles. The molecule has 0 saturated heterocycles. The summed E-state index contributed by atoms with van der Waals surface area (Å²) in [6.45, 7) is 0. The Morgan fingerprint density at radius 3 is 2.47 bits per heavy atom. The molecule has 98 valence electrons. The monoisotopic (exact) mass is 276 g/mol. The first-order chi connectivity index (χ1) is 8.99. The molecule has 0 fully saturated rings. The normalized spacial score (nSPS) is 10.2. The van der Waals surface area contributed by atoms with Crippen LogP contribution in [0.3, 0.4) is 0 Å². The average molecular weight is 277 g/mol. The number of anilines is 2. The summed E-state index contributed by atoms with van der Waals surface area (Å²) in [6, 6.07) is 11.2. The lowest BCUT2D eigenvalue weighted by Gasteiger charge is -2.18. The van der Waals surface area contributed by atoms with E-state index in [2.05, 4.69) is 0 Å². The molecule has 0 spiro atoms. The lowest BCUT2D eigenvalue weighted by molar-refractivity contribution is 0.0993. The Hall–Kier alpha value is -2.20. The summed E-state index contributed by atoms with van der Waals surface area (Å²) in [5, 5.41) is 9.73. The zero-order valence-corrected chi connectivity index (χ0v) is 11.1. The van der Waals surface area contributed by atoms with Gasteiger partial charge in [0.1, 0.15) is 5.75 Å². The third kappa shape index (κ3) is 2.80. The van der Waals surface area contributed by atoms with Crippen LogP contribution in [0.2, 0.25) is 5.02 Å². The summed E-state index contributed by atoms with van der Waals surface area (Å²) in [5.41, 5.74) is 7.17. The molecule has 4 nitrogen and oxygen atoms in total. The summed E-state index contributed by atoms with van der Waals surface area (Å²) in [6.07, 6.45) is 0. The smallest absolute Gasteiger partial charge is 0.259 e. The minimum atomic E-state index is -0.300. The van der Waals surface area contributed by atoms with Gasteiger partial charge in [0.15, 0.2) is 0 Å². The van der Waals surface area contributed by atoms with Crippen LogP contribution in [0.15, 0.2) is 42.5 Å². The maximum atomic E-state index is 12.3. The Bertz CT molecular complexity index is 611. The molecule has 0 bridgehead atoms. The number of nitrogens with zero attached hydrogens (tertiary/aromatic N) is 1.